The number of rotatable bonds is 4. The Hall–Kier alpha value is -6.42. The van der Waals surface area contributed by atoms with E-state index in [1.807, 2.05) is 11.3 Å². The summed E-state index contributed by atoms with van der Waals surface area (Å²) in [5, 5.41) is 7.31. The smallest absolute Gasteiger partial charge is 0.159 e. The fourth-order valence-electron chi connectivity index (χ4n) is 8.08. The van der Waals surface area contributed by atoms with Crippen molar-refractivity contribution in [2.45, 2.75) is 0 Å². The zero-order chi connectivity index (χ0) is 33.5. The Morgan fingerprint density at radius 1 is 0.373 bits per heavy atom. The lowest BCUT2D eigenvalue weighted by atomic mass is 9.94. The quantitative estimate of drug-likeness (QED) is 0.183. The molecule has 3 aromatic heterocycles. The molecule has 0 radical (unpaired) electrons. The van der Waals surface area contributed by atoms with Crippen molar-refractivity contribution in [2.75, 3.05) is 0 Å². The van der Waals surface area contributed by atoms with Crippen molar-refractivity contribution in [2.24, 2.45) is 0 Å². The van der Waals surface area contributed by atoms with E-state index in [9.17, 15) is 0 Å². The predicted octanol–water partition coefficient (Wildman–Crippen LogP) is 14.1. The maximum atomic E-state index is 7.19. The molecule has 3 heteroatoms. The van der Waals surface area contributed by atoms with Crippen molar-refractivity contribution >= 4 is 75.3 Å². The Labute approximate surface area is 298 Å². The van der Waals surface area contributed by atoms with Crippen LogP contribution in [-0.4, -0.2) is 4.57 Å². The van der Waals surface area contributed by atoms with Gasteiger partial charge >= 0.3 is 0 Å². The molecule has 11 aromatic rings. The summed E-state index contributed by atoms with van der Waals surface area (Å²) in [7, 11) is 0. The first kappa shape index (κ1) is 28.4. The lowest BCUT2D eigenvalue weighted by molar-refractivity contribution is 0.667. The molecule has 0 aliphatic rings. The van der Waals surface area contributed by atoms with Crippen LogP contribution in [-0.2, 0) is 0 Å². The molecule has 0 bridgehead atoms. The Kier molecular flexibility index (Phi) is 6.16. The highest BCUT2D eigenvalue weighted by Gasteiger charge is 2.22. The maximum absolute atomic E-state index is 7.19. The van der Waals surface area contributed by atoms with E-state index in [2.05, 4.69) is 180 Å². The maximum Gasteiger partial charge on any atom is 0.159 e. The highest BCUT2D eigenvalue weighted by atomic mass is 32.1. The van der Waals surface area contributed by atoms with Gasteiger partial charge in [-0.15, -0.1) is 11.3 Å². The van der Waals surface area contributed by atoms with Crippen molar-refractivity contribution in [1.82, 2.24) is 4.57 Å². The molecular weight excluding hydrogens is 639 g/mol. The minimum atomic E-state index is 0.882. The topological polar surface area (TPSA) is 18.1 Å². The molecule has 0 saturated heterocycles. The molecule has 0 amide bonds. The van der Waals surface area contributed by atoms with Gasteiger partial charge in [-0.05, 0) is 64.2 Å². The number of benzene rings is 8. The minimum absolute atomic E-state index is 0.882. The predicted molar refractivity (Wildman–Crippen MR) is 217 cm³/mol. The van der Waals surface area contributed by atoms with Gasteiger partial charge in [0, 0.05) is 47.3 Å². The summed E-state index contributed by atoms with van der Waals surface area (Å²) in [6, 6.07) is 63.5. The number of hydrogen-bond donors (Lipinski definition) is 0. The zero-order valence-corrected chi connectivity index (χ0v) is 28.3. The van der Waals surface area contributed by atoms with Crippen LogP contribution in [0.25, 0.3) is 103 Å². The molecule has 0 spiro atoms. The van der Waals surface area contributed by atoms with Crippen LogP contribution in [0, 0.1) is 0 Å². The number of furan rings is 1. The molecular formula is C48H29NOS. The van der Waals surface area contributed by atoms with E-state index in [4.69, 9.17) is 4.42 Å². The normalized spacial score (nSPS) is 11.9. The van der Waals surface area contributed by atoms with Crippen LogP contribution in [0.5, 0.6) is 0 Å². The third kappa shape index (κ3) is 4.29. The number of para-hydroxylation sites is 2. The Morgan fingerprint density at radius 3 is 1.88 bits per heavy atom. The van der Waals surface area contributed by atoms with Crippen LogP contribution in [0.4, 0.5) is 0 Å². The molecule has 8 aromatic carbocycles. The van der Waals surface area contributed by atoms with Crippen LogP contribution < -0.4 is 0 Å². The van der Waals surface area contributed by atoms with Crippen molar-refractivity contribution in [1.29, 1.82) is 0 Å². The van der Waals surface area contributed by atoms with E-state index in [1.54, 1.807) is 0 Å². The van der Waals surface area contributed by atoms with Gasteiger partial charge in [0.05, 0.1) is 16.7 Å². The van der Waals surface area contributed by atoms with Crippen LogP contribution in [0.2, 0.25) is 0 Å². The standard InChI is InChI=1S/C48H29NOS/c1-3-12-30(13-4-1)32-22-24-37-36-16-7-9-19-41(36)49(43(37)28-32)42-20-11-18-40-46-34(26-27-35(48(46)50-47(40)42)31-14-5-2-6-15-31)33-23-25-39-38-17-8-10-21-44(38)51-45(39)29-33/h1-29H. The molecule has 0 saturated carbocycles. The Bertz CT molecular complexity index is 3130. The van der Waals surface area contributed by atoms with Gasteiger partial charge in [-0.1, -0.05) is 140 Å². The summed E-state index contributed by atoms with van der Waals surface area (Å²) >= 11 is 1.86. The minimum Gasteiger partial charge on any atom is -0.453 e. The second-order valence-electron chi connectivity index (χ2n) is 13.2. The van der Waals surface area contributed by atoms with E-state index < -0.39 is 0 Å². The van der Waals surface area contributed by atoms with Crippen molar-refractivity contribution < 1.29 is 4.42 Å². The highest BCUT2D eigenvalue weighted by Crippen LogP contribution is 2.46. The van der Waals surface area contributed by atoms with Gasteiger partial charge in [-0.25, -0.2) is 0 Å². The second kappa shape index (κ2) is 11.0. The molecule has 51 heavy (non-hydrogen) atoms. The van der Waals surface area contributed by atoms with Gasteiger partial charge in [-0.2, -0.15) is 0 Å². The molecule has 3 heterocycles. The summed E-state index contributed by atoms with van der Waals surface area (Å²) in [4.78, 5) is 0. The van der Waals surface area contributed by atoms with Gasteiger partial charge in [0.15, 0.2) is 5.58 Å². The van der Waals surface area contributed by atoms with Crippen LogP contribution in [0.3, 0.4) is 0 Å². The third-order valence-corrected chi connectivity index (χ3v) is 11.6. The van der Waals surface area contributed by atoms with E-state index in [0.717, 1.165) is 49.8 Å². The van der Waals surface area contributed by atoms with E-state index in [0.29, 0.717) is 0 Å². The summed E-state index contributed by atoms with van der Waals surface area (Å²) in [5.41, 5.74) is 12.1. The van der Waals surface area contributed by atoms with Gasteiger partial charge < -0.3 is 8.98 Å². The largest absolute Gasteiger partial charge is 0.453 e. The highest BCUT2D eigenvalue weighted by molar-refractivity contribution is 7.25. The summed E-state index contributed by atoms with van der Waals surface area (Å²) in [6.45, 7) is 0. The van der Waals surface area contributed by atoms with Crippen molar-refractivity contribution in [3.63, 3.8) is 0 Å². The monoisotopic (exact) mass is 667 g/mol. The lowest BCUT2D eigenvalue weighted by Crippen LogP contribution is -1.94. The molecule has 0 fully saturated rings. The number of thiophene rings is 1. The zero-order valence-electron chi connectivity index (χ0n) is 27.5. The molecule has 2 nitrogen and oxygen atoms in total. The number of aromatic nitrogens is 1. The van der Waals surface area contributed by atoms with Gasteiger partial charge in [-0.3, -0.25) is 0 Å². The SMILES string of the molecule is c1ccc(-c2ccc3c4ccccc4n(-c4cccc5c4oc4c(-c6ccccc6)ccc(-c6ccc7c(c6)sc6ccccc67)c45)c3c2)cc1. The lowest BCUT2D eigenvalue weighted by Gasteiger charge is -2.10. The number of hydrogen-bond acceptors (Lipinski definition) is 2. The summed E-state index contributed by atoms with van der Waals surface area (Å²) in [5.74, 6) is 0. The summed E-state index contributed by atoms with van der Waals surface area (Å²) < 4.78 is 12.2. The summed E-state index contributed by atoms with van der Waals surface area (Å²) in [6.07, 6.45) is 0. The van der Waals surface area contributed by atoms with Crippen LogP contribution >= 0.6 is 11.3 Å². The average molecular weight is 668 g/mol. The fraction of sp³-hybridized carbons (Fsp3) is 0. The fourth-order valence-corrected chi connectivity index (χ4v) is 9.23. The molecule has 11 rings (SSSR count). The van der Waals surface area contributed by atoms with E-state index >= 15 is 0 Å². The van der Waals surface area contributed by atoms with Gasteiger partial charge in [0.1, 0.15) is 5.58 Å². The molecule has 238 valence electrons. The van der Waals surface area contributed by atoms with Crippen molar-refractivity contribution in [3.8, 4) is 39.1 Å². The molecule has 0 aliphatic heterocycles. The van der Waals surface area contributed by atoms with Crippen molar-refractivity contribution in [3.05, 3.63) is 176 Å². The Balaban J connectivity index is 1.22. The molecule has 0 aliphatic carbocycles. The molecule has 0 N–H and O–H groups in total. The average Bonchev–Trinajstić information content (AvgIpc) is 3.88. The second-order valence-corrected chi connectivity index (χ2v) is 14.3. The van der Waals surface area contributed by atoms with Crippen LogP contribution in [0.1, 0.15) is 0 Å². The Morgan fingerprint density at radius 2 is 1.02 bits per heavy atom. The first-order valence-electron chi connectivity index (χ1n) is 17.3. The van der Waals surface area contributed by atoms with Gasteiger partial charge in [0.2, 0.25) is 0 Å². The first-order chi connectivity index (χ1) is 25.3. The number of fused-ring (bicyclic) bond motifs is 9. The number of nitrogens with zero attached hydrogens (tertiary/aromatic N) is 1. The third-order valence-electron chi connectivity index (χ3n) is 10.4. The van der Waals surface area contributed by atoms with E-state index in [-0.39, 0.29) is 0 Å². The van der Waals surface area contributed by atoms with E-state index in [1.165, 1.54) is 53.2 Å². The first-order valence-corrected chi connectivity index (χ1v) is 18.2. The van der Waals surface area contributed by atoms with Gasteiger partial charge in [0.25, 0.3) is 0 Å². The van der Waals surface area contributed by atoms with Crippen LogP contribution in [0.15, 0.2) is 180 Å². The molecule has 0 atom stereocenters. The molecule has 0 unspecified atom stereocenters.